The fraction of sp³-hybridized carbons (Fsp3) is 1.00. The average Bonchev–Trinajstić information content (AvgIpc) is 2.12. The van der Waals surface area contributed by atoms with Crippen LogP contribution in [0.3, 0.4) is 0 Å². The molecule has 0 aliphatic heterocycles. The fourth-order valence-corrected chi connectivity index (χ4v) is 1.76. The highest BCUT2D eigenvalue weighted by Crippen LogP contribution is 2.22. The van der Waals surface area contributed by atoms with Crippen LogP contribution < -0.4 is 5.32 Å². The summed E-state index contributed by atoms with van der Waals surface area (Å²) in [5.74, 6) is 0.635. The second kappa shape index (κ2) is 7.20. The van der Waals surface area contributed by atoms with E-state index in [2.05, 4.69) is 26.1 Å². The molecule has 3 heteroatoms. The summed E-state index contributed by atoms with van der Waals surface area (Å²) in [5.41, 5.74) is 0. The Labute approximate surface area is 93.5 Å². The third kappa shape index (κ3) is 5.50. The number of rotatable bonds is 8. The minimum atomic E-state index is 0.504. The maximum atomic E-state index is 5.50. The Morgan fingerprint density at radius 3 is 2.67 bits per heavy atom. The quantitative estimate of drug-likeness (QED) is 0.626. The van der Waals surface area contributed by atoms with E-state index in [4.69, 9.17) is 9.47 Å². The maximum absolute atomic E-state index is 5.50. The summed E-state index contributed by atoms with van der Waals surface area (Å²) in [6.07, 6.45) is 2.83. The summed E-state index contributed by atoms with van der Waals surface area (Å²) in [6.45, 7) is 9.91. The van der Waals surface area contributed by atoms with Crippen molar-refractivity contribution in [3.05, 3.63) is 0 Å². The molecule has 0 bridgehead atoms. The topological polar surface area (TPSA) is 30.5 Å². The number of hydrogen-bond donors (Lipinski definition) is 1. The van der Waals surface area contributed by atoms with Crippen molar-refractivity contribution in [2.24, 2.45) is 5.92 Å². The molecule has 1 rings (SSSR count). The van der Waals surface area contributed by atoms with E-state index >= 15 is 0 Å². The Morgan fingerprint density at radius 2 is 2.07 bits per heavy atom. The van der Waals surface area contributed by atoms with E-state index in [0.717, 1.165) is 39.2 Å². The van der Waals surface area contributed by atoms with Crippen molar-refractivity contribution in [3.8, 4) is 0 Å². The summed E-state index contributed by atoms with van der Waals surface area (Å²) in [7, 11) is 0. The lowest BCUT2D eigenvalue weighted by Crippen LogP contribution is -2.46. The van der Waals surface area contributed by atoms with Crippen molar-refractivity contribution >= 4 is 0 Å². The molecule has 0 amide bonds. The minimum absolute atomic E-state index is 0.504. The fourth-order valence-electron chi connectivity index (χ4n) is 1.76. The van der Waals surface area contributed by atoms with E-state index < -0.39 is 0 Å². The van der Waals surface area contributed by atoms with Crippen LogP contribution in [0, 0.1) is 5.92 Å². The van der Waals surface area contributed by atoms with Crippen LogP contribution in [0.1, 0.15) is 33.6 Å². The standard InChI is InChI=1S/C12H25NO2/c1-4-15-12-7-11(8-12)13-5-6-14-9-10(2)3/h10-13H,4-9H2,1-3H3. The van der Waals surface area contributed by atoms with Gasteiger partial charge in [0.1, 0.15) is 0 Å². The van der Waals surface area contributed by atoms with Gasteiger partial charge in [0.2, 0.25) is 0 Å². The minimum Gasteiger partial charge on any atom is -0.380 e. The van der Waals surface area contributed by atoms with Crippen molar-refractivity contribution in [3.63, 3.8) is 0 Å². The number of ether oxygens (including phenoxy) is 2. The SMILES string of the molecule is CCOC1CC(NCCOCC(C)C)C1. The molecule has 0 aromatic heterocycles. The van der Waals surface area contributed by atoms with Crippen LogP contribution in [-0.4, -0.2) is 38.5 Å². The Kier molecular flexibility index (Phi) is 6.22. The van der Waals surface area contributed by atoms with Gasteiger partial charge in [-0.05, 0) is 25.7 Å². The van der Waals surface area contributed by atoms with Crippen LogP contribution in [0.2, 0.25) is 0 Å². The average molecular weight is 215 g/mol. The van der Waals surface area contributed by atoms with Gasteiger partial charge >= 0.3 is 0 Å². The Morgan fingerprint density at radius 1 is 1.33 bits per heavy atom. The monoisotopic (exact) mass is 215 g/mol. The van der Waals surface area contributed by atoms with Crippen LogP contribution in [0.5, 0.6) is 0 Å². The molecule has 1 fully saturated rings. The molecule has 0 heterocycles. The molecule has 0 atom stereocenters. The van der Waals surface area contributed by atoms with Gasteiger partial charge in [0.25, 0.3) is 0 Å². The van der Waals surface area contributed by atoms with Crippen LogP contribution in [0.25, 0.3) is 0 Å². The van der Waals surface area contributed by atoms with Gasteiger partial charge in [-0.1, -0.05) is 13.8 Å². The van der Waals surface area contributed by atoms with E-state index in [1.165, 1.54) is 0 Å². The summed E-state index contributed by atoms with van der Waals surface area (Å²) < 4.78 is 11.0. The zero-order valence-corrected chi connectivity index (χ0v) is 10.3. The van der Waals surface area contributed by atoms with Crippen molar-refractivity contribution in [2.75, 3.05) is 26.4 Å². The first-order valence-electron chi connectivity index (χ1n) is 6.15. The highest BCUT2D eigenvalue weighted by Gasteiger charge is 2.28. The molecule has 90 valence electrons. The lowest BCUT2D eigenvalue weighted by atomic mass is 9.89. The summed E-state index contributed by atoms with van der Waals surface area (Å²) >= 11 is 0. The zero-order chi connectivity index (χ0) is 11.1. The Bertz CT molecular complexity index is 156. The van der Waals surface area contributed by atoms with Crippen molar-refractivity contribution in [1.82, 2.24) is 5.32 Å². The molecular weight excluding hydrogens is 190 g/mol. The van der Waals surface area contributed by atoms with Crippen molar-refractivity contribution in [1.29, 1.82) is 0 Å². The number of nitrogens with one attached hydrogen (secondary N) is 1. The van der Waals surface area contributed by atoms with Gasteiger partial charge < -0.3 is 14.8 Å². The normalized spacial score (nSPS) is 25.6. The highest BCUT2D eigenvalue weighted by molar-refractivity contribution is 4.85. The van der Waals surface area contributed by atoms with Crippen molar-refractivity contribution in [2.45, 2.75) is 45.8 Å². The molecule has 0 spiro atoms. The van der Waals surface area contributed by atoms with Gasteiger partial charge in [-0.15, -0.1) is 0 Å². The molecule has 0 aromatic carbocycles. The summed E-state index contributed by atoms with van der Waals surface area (Å²) in [6, 6.07) is 0.657. The predicted molar refractivity (Wildman–Crippen MR) is 62.1 cm³/mol. The number of hydrogen-bond acceptors (Lipinski definition) is 3. The van der Waals surface area contributed by atoms with E-state index in [9.17, 15) is 0 Å². The first kappa shape index (κ1) is 12.9. The molecular formula is C12H25NO2. The zero-order valence-electron chi connectivity index (χ0n) is 10.3. The van der Waals surface area contributed by atoms with Gasteiger partial charge in [0.15, 0.2) is 0 Å². The molecule has 0 aromatic rings. The second-order valence-corrected chi connectivity index (χ2v) is 4.67. The first-order valence-corrected chi connectivity index (χ1v) is 6.15. The molecule has 15 heavy (non-hydrogen) atoms. The van der Waals surface area contributed by atoms with Gasteiger partial charge in [0.05, 0.1) is 12.7 Å². The largest absolute Gasteiger partial charge is 0.380 e. The Balaban J connectivity index is 1.82. The molecule has 3 nitrogen and oxygen atoms in total. The third-order valence-electron chi connectivity index (χ3n) is 2.63. The van der Waals surface area contributed by atoms with Crippen LogP contribution in [-0.2, 0) is 9.47 Å². The molecule has 1 aliphatic carbocycles. The molecule has 1 saturated carbocycles. The predicted octanol–water partition coefficient (Wildman–Crippen LogP) is 1.82. The molecule has 1 aliphatic rings. The molecule has 0 unspecified atom stereocenters. The van der Waals surface area contributed by atoms with Gasteiger partial charge in [-0.3, -0.25) is 0 Å². The smallest absolute Gasteiger partial charge is 0.0604 e. The highest BCUT2D eigenvalue weighted by atomic mass is 16.5. The van der Waals surface area contributed by atoms with E-state index in [0.29, 0.717) is 18.1 Å². The van der Waals surface area contributed by atoms with Crippen LogP contribution in [0.4, 0.5) is 0 Å². The Hall–Kier alpha value is -0.120. The van der Waals surface area contributed by atoms with Crippen LogP contribution >= 0.6 is 0 Å². The molecule has 0 saturated heterocycles. The molecule has 1 N–H and O–H groups in total. The molecule has 0 radical (unpaired) electrons. The third-order valence-corrected chi connectivity index (χ3v) is 2.63. The summed E-state index contributed by atoms with van der Waals surface area (Å²) in [4.78, 5) is 0. The van der Waals surface area contributed by atoms with E-state index in [-0.39, 0.29) is 0 Å². The maximum Gasteiger partial charge on any atom is 0.0604 e. The van der Waals surface area contributed by atoms with Crippen LogP contribution in [0.15, 0.2) is 0 Å². The first-order chi connectivity index (χ1) is 7.22. The second-order valence-electron chi connectivity index (χ2n) is 4.67. The summed E-state index contributed by atoms with van der Waals surface area (Å²) in [5, 5.41) is 3.48. The van der Waals surface area contributed by atoms with Crippen molar-refractivity contribution < 1.29 is 9.47 Å². The van der Waals surface area contributed by atoms with Gasteiger partial charge in [-0.2, -0.15) is 0 Å². The lowest BCUT2D eigenvalue weighted by molar-refractivity contribution is -0.0117. The lowest BCUT2D eigenvalue weighted by Gasteiger charge is -2.35. The van der Waals surface area contributed by atoms with E-state index in [1.54, 1.807) is 0 Å². The van der Waals surface area contributed by atoms with Gasteiger partial charge in [0, 0.05) is 25.8 Å². The van der Waals surface area contributed by atoms with Gasteiger partial charge in [-0.25, -0.2) is 0 Å². The van der Waals surface area contributed by atoms with E-state index in [1.807, 2.05) is 0 Å².